The Balaban J connectivity index is 1.93. The van der Waals surface area contributed by atoms with Gasteiger partial charge in [-0.1, -0.05) is 15.9 Å². The van der Waals surface area contributed by atoms with Crippen LogP contribution in [0.3, 0.4) is 0 Å². The first kappa shape index (κ1) is 13.5. The van der Waals surface area contributed by atoms with Gasteiger partial charge in [-0.15, -0.1) is 0 Å². The van der Waals surface area contributed by atoms with Gasteiger partial charge in [0.1, 0.15) is 11.6 Å². The highest BCUT2D eigenvalue weighted by Crippen LogP contribution is 2.20. The minimum atomic E-state index is -0.573. The molecule has 0 N–H and O–H groups in total. The molecule has 1 atom stereocenters. The summed E-state index contributed by atoms with van der Waals surface area (Å²) in [6.45, 7) is 1.24. The molecule has 0 radical (unpaired) electrons. The van der Waals surface area contributed by atoms with Crippen molar-refractivity contribution >= 4 is 21.8 Å². The second-order valence-electron chi connectivity index (χ2n) is 4.59. The Morgan fingerprint density at radius 1 is 1.28 bits per heavy atom. The average molecular weight is 318 g/mol. The van der Waals surface area contributed by atoms with Crippen LogP contribution in [0.1, 0.15) is 12.0 Å². The second kappa shape index (κ2) is 5.78. The quantitative estimate of drug-likeness (QED) is 0.782. The fraction of sp³-hybridized carbons (Fsp3) is 0.462. The third-order valence-electron chi connectivity index (χ3n) is 3.11. The van der Waals surface area contributed by atoms with Crippen molar-refractivity contribution < 1.29 is 13.6 Å². The summed E-state index contributed by atoms with van der Waals surface area (Å²) in [5.41, 5.74) is 0.586. The van der Waals surface area contributed by atoms with Crippen LogP contribution in [0.2, 0.25) is 0 Å². The maximum atomic E-state index is 13.0. The first-order valence-corrected chi connectivity index (χ1v) is 6.99. The van der Waals surface area contributed by atoms with Crippen molar-refractivity contribution in [3.05, 3.63) is 35.4 Å². The number of carbonyl (C=O) groups is 1. The molecule has 1 aromatic carbocycles. The monoisotopic (exact) mass is 317 g/mol. The molecular weight excluding hydrogens is 304 g/mol. The van der Waals surface area contributed by atoms with E-state index in [-0.39, 0.29) is 5.91 Å². The van der Waals surface area contributed by atoms with Gasteiger partial charge in [-0.3, -0.25) is 4.79 Å². The molecular formula is C13H14BrF2NO. The fourth-order valence-corrected chi connectivity index (χ4v) is 2.63. The number of hydrogen-bond acceptors (Lipinski definition) is 1. The smallest absolute Gasteiger partial charge is 0.222 e. The zero-order valence-electron chi connectivity index (χ0n) is 9.83. The number of alkyl halides is 1. The molecule has 0 aliphatic carbocycles. The van der Waals surface area contributed by atoms with Crippen LogP contribution in [0.25, 0.3) is 0 Å². The molecule has 0 saturated carbocycles. The van der Waals surface area contributed by atoms with Crippen molar-refractivity contribution in [2.24, 2.45) is 5.92 Å². The molecule has 1 fully saturated rings. The first-order valence-electron chi connectivity index (χ1n) is 5.87. The van der Waals surface area contributed by atoms with Gasteiger partial charge in [0.05, 0.1) is 0 Å². The number of carbonyl (C=O) groups excluding carboxylic acids is 1. The van der Waals surface area contributed by atoms with Crippen LogP contribution in [0, 0.1) is 17.6 Å². The van der Waals surface area contributed by atoms with E-state index in [1.165, 1.54) is 12.1 Å². The van der Waals surface area contributed by atoms with E-state index in [0.29, 0.717) is 30.9 Å². The Morgan fingerprint density at radius 3 is 2.50 bits per heavy atom. The van der Waals surface area contributed by atoms with Crippen molar-refractivity contribution in [2.45, 2.75) is 12.8 Å². The zero-order valence-corrected chi connectivity index (χ0v) is 11.4. The SMILES string of the molecule is O=C1CC(CBr)CN1CCc1cc(F)cc(F)c1. The highest BCUT2D eigenvalue weighted by molar-refractivity contribution is 9.09. The normalized spacial score (nSPS) is 19.6. The molecule has 1 unspecified atom stereocenters. The molecule has 18 heavy (non-hydrogen) atoms. The number of hydrogen-bond donors (Lipinski definition) is 0. The van der Waals surface area contributed by atoms with Crippen molar-refractivity contribution in [2.75, 3.05) is 18.4 Å². The van der Waals surface area contributed by atoms with Gasteiger partial charge in [0.25, 0.3) is 0 Å². The zero-order chi connectivity index (χ0) is 13.1. The molecule has 1 aliphatic heterocycles. The van der Waals surface area contributed by atoms with Crippen LogP contribution in [0.5, 0.6) is 0 Å². The van der Waals surface area contributed by atoms with Gasteiger partial charge in [0, 0.05) is 30.9 Å². The molecule has 0 aromatic heterocycles. The Hall–Kier alpha value is -0.970. The summed E-state index contributed by atoms with van der Waals surface area (Å²) in [7, 11) is 0. The molecule has 0 spiro atoms. The maximum absolute atomic E-state index is 13.0. The minimum absolute atomic E-state index is 0.122. The standard InChI is InChI=1S/C13H14BrF2NO/c14-7-10-5-13(18)17(8-10)2-1-9-3-11(15)6-12(16)4-9/h3-4,6,10H,1-2,5,7-8H2. The number of benzene rings is 1. The van der Waals surface area contributed by atoms with E-state index in [1.807, 2.05) is 0 Å². The van der Waals surface area contributed by atoms with E-state index in [2.05, 4.69) is 15.9 Å². The van der Waals surface area contributed by atoms with Crippen LogP contribution >= 0.6 is 15.9 Å². The largest absolute Gasteiger partial charge is 0.342 e. The summed E-state index contributed by atoms with van der Waals surface area (Å²) in [5.74, 6) is -0.676. The van der Waals surface area contributed by atoms with Crippen LogP contribution in [0.4, 0.5) is 8.78 Å². The van der Waals surface area contributed by atoms with Crippen molar-refractivity contribution in [3.8, 4) is 0 Å². The Bertz CT molecular complexity index is 432. The Kier molecular flexibility index (Phi) is 4.32. The predicted molar refractivity (Wildman–Crippen MR) is 68.5 cm³/mol. The van der Waals surface area contributed by atoms with Gasteiger partial charge in [-0.05, 0) is 30.0 Å². The van der Waals surface area contributed by atoms with E-state index in [1.54, 1.807) is 4.90 Å². The van der Waals surface area contributed by atoms with Crippen LogP contribution in [-0.4, -0.2) is 29.2 Å². The van der Waals surface area contributed by atoms with Crippen LogP contribution in [-0.2, 0) is 11.2 Å². The lowest BCUT2D eigenvalue weighted by Crippen LogP contribution is -2.27. The van der Waals surface area contributed by atoms with Crippen molar-refractivity contribution in [1.82, 2.24) is 4.90 Å². The summed E-state index contributed by atoms with van der Waals surface area (Å²) in [6, 6.07) is 3.47. The van der Waals surface area contributed by atoms with E-state index in [9.17, 15) is 13.6 Å². The molecule has 2 rings (SSSR count). The third-order valence-corrected chi connectivity index (χ3v) is 4.02. The van der Waals surface area contributed by atoms with Gasteiger partial charge in [-0.2, -0.15) is 0 Å². The summed E-state index contributed by atoms with van der Waals surface area (Å²) >= 11 is 3.37. The molecule has 1 aromatic rings. The summed E-state index contributed by atoms with van der Waals surface area (Å²) < 4.78 is 26.0. The fourth-order valence-electron chi connectivity index (χ4n) is 2.19. The average Bonchev–Trinajstić information content (AvgIpc) is 2.66. The number of nitrogens with zero attached hydrogens (tertiary/aromatic N) is 1. The van der Waals surface area contributed by atoms with E-state index < -0.39 is 11.6 Å². The predicted octanol–water partition coefficient (Wildman–Crippen LogP) is 2.75. The minimum Gasteiger partial charge on any atom is -0.342 e. The highest BCUT2D eigenvalue weighted by atomic mass is 79.9. The van der Waals surface area contributed by atoms with Crippen molar-refractivity contribution in [1.29, 1.82) is 0 Å². The topological polar surface area (TPSA) is 20.3 Å². The van der Waals surface area contributed by atoms with Gasteiger partial charge in [-0.25, -0.2) is 8.78 Å². The Labute approximate surface area is 113 Å². The van der Waals surface area contributed by atoms with E-state index in [0.717, 1.165) is 17.9 Å². The lowest BCUT2D eigenvalue weighted by molar-refractivity contribution is -0.127. The molecule has 2 nitrogen and oxygen atoms in total. The molecule has 1 heterocycles. The van der Waals surface area contributed by atoms with Crippen molar-refractivity contribution in [3.63, 3.8) is 0 Å². The highest BCUT2D eigenvalue weighted by Gasteiger charge is 2.28. The van der Waals surface area contributed by atoms with Crippen LogP contribution in [0.15, 0.2) is 18.2 Å². The summed E-state index contributed by atoms with van der Waals surface area (Å²) in [4.78, 5) is 13.4. The Morgan fingerprint density at radius 2 is 1.94 bits per heavy atom. The lowest BCUT2D eigenvalue weighted by Gasteiger charge is -2.16. The molecule has 0 bridgehead atoms. The van der Waals surface area contributed by atoms with Gasteiger partial charge in [0.15, 0.2) is 0 Å². The lowest BCUT2D eigenvalue weighted by atomic mass is 10.1. The maximum Gasteiger partial charge on any atom is 0.222 e. The molecule has 98 valence electrons. The third kappa shape index (κ3) is 3.28. The molecule has 1 saturated heterocycles. The first-order chi connectivity index (χ1) is 8.58. The summed E-state index contributed by atoms with van der Waals surface area (Å²) in [5, 5.41) is 0.809. The number of amides is 1. The number of halogens is 3. The molecule has 1 amide bonds. The molecule has 5 heteroatoms. The number of likely N-dealkylation sites (tertiary alicyclic amines) is 1. The second-order valence-corrected chi connectivity index (χ2v) is 5.24. The molecule has 1 aliphatic rings. The number of rotatable bonds is 4. The van der Waals surface area contributed by atoms with Crippen LogP contribution < -0.4 is 0 Å². The van der Waals surface area contributed by atoms with Gasteiger partial charge in [0.2, 0.25) is 5.91 Å². The summed E-state index contributed by atoms with van der Waals surface area (Å²) in [6.07, 6.45) is 1.04. The van der Waals surface area contributed by atoms with Gasteiger partial charge >= 0.3 is 0 Å². The van der Waals surface area contributed by atoms with Gasteiger partial charge < -0.3 is 4.90 Å². The van der Waals surface area contributed by atoms with E-state index >= 15 is 0 Å². The van der Waals surface area contributed by atoms with E-state index in [4.69, 9.17) is 0 Å².